The van der Waals surface area contributed by atoms with E-state index >= 15 is 0 Å². The van der Waals surface area contributed by atoms with E-state index in [9.17, 15) is 9.59 Å². The molecule has 1 aliphatic heterocycles. The Balaban J connectivity index is 1.55. The molecule has 4 rings (SSSR count). The molecule has 2 aromatic heterocycles. The molecule has 0 saturated carbocycles. The van der Waals surface area contributed by atoms with Gasteiger partial charge in [0.05, 0.1) is 30.7 Å². The molecule has 0 aliphatic carbocycles. The average molecular weight is 437 g/mol. The molecular weight excluding hydrogens is 408 g/mol. The van der Waals surface area contributed by atoms with E-state index in [1.54, 1.807) is 10.5 Å². The van der Waals surface area contributed by atoms with Gasteiger partial charge in [0, 0.05) is 25.3 Å². The first-order valence-corrected chi connectivity index (χ1v) is 10.9. The molecule has 1 fully saturated rings. The number of hydrogen-bond donors (Lipinski definition) is 1. The third-order valence-corrected chi connectivity index (χ3v) is 5.71. The van der Waals surface area contributed by atoms with Crippen LogP contribution in [0.2, 0.25) is 0 Å². The molecule has 0 bridgehead atoms. The zero-order valence-corrected chi connectivity index (χ0v) is 18.6. The number of ether oxygens (including phenoxy) is 2. The van der Waals surface area contributed by atoms with Crippen molar-refractivity contribution >= 4 is 23.2 Å². The van der Waals surface area contributed by atoms with E-state index in [-0.39, 0.29) is 17.9 Å². The van der Waals surface area contributed by atoms with Crippen LogP contribution in [0.1, 0.15) is 46.3 Å². The fourth-order valence-corrected chi connectivity index (χ4v) is 4.30. The molecule has 3 aromatic rings. The van der Waals surface area contributed by atoms with Crippen molar-refractivity contribution in [2.75, 3.05) is 31.7 Å². The first kappa shape index (κ1) is 21.7. The lowest BCUT2D eigenvalue weighted by Crippen LogP contribution is -2.48. The monoisotopic (exact) mass is 436 g/mol. The highest BCUT2D eigenvalue weighted by Crippen LogP contribution is 2.26. The van der Waals surface area contributed by atoms with Crippen LogP contribution in [-0.2, 0) is 4.74 Å². The van der Waals surface area contributed by atoms with Gasteiger partial charge in [0.1, 0.15) is 5.69 Å². The summed E-state index contributed by atoms with van der Waals surface area (Å²) in [6.07, 6.45) is 3.59. The molecule has 168 valence electrons. The van der Waals surface area contributed by atoms with E-state index in [1.165, 1.54) is 7.11 Å². The topological polar surface area (TPSA) is 85.2 Å². The Morgan fingerprint density at radius 3 is 2.81 bits per heavy atom. The number of imidazole rings is 1. The number of carbonyl (C=O) groups excluding carboxylic acids is 2. The number of aryl methyl sites for hydroxylation is 1. The smallest absolute Gasteiger partial charge is 0.339 e. The maximum Gasteiger partial charge on any atom is 0.339 e. The third-order valence-electron chi connectivity index (χ3n) is 5.71. The van der Waals surface area contributed by atoms with Crippen molar-refractivity contribution in [1.29, 1.82) is 0 Å². The predicted octanol–water partition coefficient (Wildman–Crippen LogP) is 3.23. The number of piperidine rings is 1. The van der Waals surface area contributed by atoms with Crippen LogP contribution < -0.4 is 15.0 Å². The summed E-state index contributed by atoms with van der Waals surface area (Å²) in [7, 11) is 1.38. The highest BCUT2D eigenvalue weighted by Gasteiger charge is 2.27. The predicted molar refractivity (Wildman–Crippen MR) is 122 cm³/mol. The summed E-state index contributed by atoms with van der Waals surface area (Å²) in [6, 6.07) is 11.1. The Labute approximate surface area is 187 Å². The van der Waals surface area contributed by atoms with Gasteiger partial charge < -0.3 is 19.7 Å². The Bertz CT molecular complexity index is 1140. The summed E-state index contributed by atoms with van der Waals surface area (Å²) in [5, 5.41) is 3.17. The van der Waals surface area contributed by atoms with E-state index in [0.717, 1.165) is 25.1 Å². The summed E-state index contributed by atoms with van der Waals surface area (Å²) in [6.45, 7) is 5.70. The van der Waals surface area contributed by atoms with Gasteiger partial charge in [-0.15, -0.1) is 0 Å². The van der Waals surface area contributed by atoms with Crippen molar-refractivity contribution in [2.24, 2.45) is 0 Å². The zero-order chi connectivity index (χ0) is 22.7. The van der Waals surface area contributed by atoms with Crippen LogP contribution in [-0.4, -0.2) is 54.1 Å². The minimum absolute atomic E-state index is 0.0537. The largest absolute Gasteiger partial charge is 0.490 e. The summed E-state index contributed by atoms with van der Waals surface area (Å²) in [4.78, 5) is 32.1. The maximum atomic E-state index is 13.2. The normalized spacial score (nSPS) is 16.1. The molecule has 1 N–H and O–H groups in total. The van der Waals surface area contributed by atoms with E-state index < -0.39 is 0 Å². The molecule has 3 heterocycles. The SMILES string of the molecule is CCOc1cccn2c(C(=O)N[C@H]3CCCN(c4ccccc4C(=O)OC)C3)c(C)nc12. The Hall–Kier alpha value is -3.55. The number of pyridine rings is 1. The Morgan fingerprint density at radius 1 is 1.22 bits per heavy atom. The van der Waals surface area contributed by atoms with Gasteiger partial charge in [-0.25, -0.2) is 9.78 Å². The van der Waals surface area contributed by atoms with Crippen LogP contribution in [0.4, 0.5) is 5.69 Å². The number of aromatic nitrogens is 2. The fraction of sp³-hybridized carbons (Fsp3) is 0.375. The second kappa shape index (κ2) is 9.30. The van der Waals surface area contributed by atoms with Crippen LogP contribution in [0.15, 0.2) is 42.6 Å². The van der Waals surface area contributed by atoms with Crippen molar-refractivity contribution in [1.82, 2.24) is 14.7 Å². The number of esters is 1. The summed E-state index contributed by atoms with van der Waals surface area (Å²) >= 11 is 0. The number of benzene rings is 1. The van der Waals surface area contributed by atoms with Crippen LogP contribution in [0.5, 0.6) is 5.75 Å². The van der Waals surface area contributed by atoms with E-state index in [1.807, 2.05) is 50.4 Å². The number of hydrogen-bond acceptors (Lipinski definition) is 6. The van der Waals surface area contributed by atoms with Gasteiger partial charge in [0.15, 0.2) is 11.4 Å². The lowest BCUT2D eigenvalue weighted by molar-refractivity contribution is 0.0601. The van der Waals surface area contributed by atoms with Crippen molar-refractivity contribution in [2.45, 2.75) is 32.7 Å². The van der Waals surface area contributed by atoms with Crippen molar-refractivity contribution in [3.05, 3.63) is 59.5 Å². The second-order valence-corrected chi connectivity index (χ2v) is 7.81. The summed E-state index contributed by atoms with van der Waals surface area (Å²) in [5.74, 6) is 0.121. The number of fused-ring (bicyclic) bond motifs is 1. The van der Waals surface area contributed by atoms with Gasteiger partial charge in [-0.3, -0.25) is 9.20 Å². The molecule has 8 nitrogen and oxygen atoms in total. The van der Waals surface area contributed by atoms with Crippen LogP contribution in [0, 0.1) is 6.92 Å². The van der Waals surface area contributed by atoms with Gasteiger partial charge in [-0.05, 0) is 51.0 Å². The number of methoxy groups -OCH3 is 1. The summed E-state index contributed by atoms with van der Waals surface area (Å²) < 4.78 is 12.4. The van der Waals surface area contributed by atoms with Gasteiger partial charge in [0.25, 0.3) is 5.91 Å². The van der Waals surface area contributed by atoms with Crippen LogP contribution >= 0.6 is 0 Å². The molecule has 1 atom stereocenters. The van der Waals surface area contributed by atoms with E-state index in [4.69, 9.17) is 9.47 Å². The highest BCUT2D eigenvalue weighted by molar-refractivity contribution is 5.96. The van der Waals surface area contributed by atoms with Gasteiger partial charge in [-0.2, -0.15) is 0 Å². The van der Waals surface area contributed by atoms with Gasteiger partial charge in [0.2, 0.25) is 0 Å². The lowest BCUT2D eigenvalue weighted by atomic mass is 10.0. The van der Waals surface area contributed by atoms with E-state index in [0.29, 0.717) is 41.5 Å². The Kier molecular flexibility index (Phi) is 6.30. The Morgan fingerprint density at radius 2 is 2.03 bits per heavy atom. The number of rotatable bonds is 6. The number of para-hydroxylation sites is 1. The minimum atomic E-state index is -0.363. The molecule has 1 amide bonds. The molecule has 1 aliphatic rings. The number of carbonyl (C=O) groups is 2. The molecule has 0 unspecified atom stereocenters. The number of amides is 1. The lowest BCUT2D eigenvalue weighted by Gasteiger charge is -2.35. The second-order valence-electron chi connectivity index (χ2n) is 7.81. The molecule has 1 aromatic carbocycles. The molecule has 0 radical (unpaired) electrons. The summed E-state index contributed by atoms with van der Waals surface area (Å²) in [5.41, 5.74) is 3.15. The van der Waals surface area contributed by atoms with E-state index in [2.05, 4.69) is 15.2 Å². The fourth-order valence-electron chi connectivity index (χ4n) is 4.30. The van der Waals surface area contributed by atoms with Crippen molar-refractivity contribution in [3.8, 4) is 5.75 Å². The van der Waals surface area contributed by atoms with Crippen molar-refractivity contribution in [3.63, 3.8) is 0 Å². The first-order chi connectivity index (χ1) is 15.5. The van der Waals surface area contributed by atoms with Gasteiger partial charge >= 0.3 is 5.97 Å². The average Bonchev–Trinajstić information content (AvgIpc) is 3.16. The third kappa shape index (κ3) is 4.12. The highest BCUT2D eigenvalue weighted by atomic mass is 16.5. The molecule has 1 saturated heterocycles. The minimum Gasteiger partial charge on any atom is -0.490 e. The molecule has 32 heavy (non-hydrogen) atoms. The van der Waals surface area contributed by atoms with Crippen molar-refractivity contribution < 1.29 is 19.1 Å². The molecular formula is C24H28N4O4. The molecule has 0 spiro atoms. The van der Waals surface area contributed by atoms with Crippen LogP contribution in [0.25, 0.3) is 5.65 Å². The number of nitrogens with zero attached hydrogens (tertiary/aromatic N) is 3. The number of nitrogens with one attached hydrogen (secondary N) is 1. The zero-order valence-electron chi connectivity index (χ0n) is 18.6. The van der Waals surface area contributed by atoms with Crippen LogP contribution in [0.3, 0.4) is 0 Å². The molecule has 8 heteroatoms. The quantitative estimate of drug-likeness (QED) is 0.597. The standard InChI is InChI=1S/C24H28N4O4/c1-4-32-20-12-8-14-28-21(16(2)25-22(20)28)23(29)26-17-9-7-13-27(15-17)19-11-6-5-10-18(19)24(30)31-3/h5-6,8,10-12,14,17H,4,7,9,13,15H2,1-3H3,(H,26,29)/t17-/m0/s1. The maximum absolute atomic E-state index is 13.2. The van der Waals surface area contributed by atoms with Gasteiger partial charge in [-0.1, -0.05) is 12.1 Å². The first-order valence-electron chi connectivity index (χ1n) is 10.9. The number of anilines is 1.